The molecule has 1 radical (unpaired) electrons. The number of hydrogen-bond acceptors (Lipinski definition) is 2. The second-order valence-electron chi connectivity index (χ2n) is 2.16. The highest BCUT2D eigenvalue weighted by atomic mass is 32.1. The normalized spacial score (nSPS) is 10.5. The van der Waals surface area contributed by atoms with Crippen LogP contribution in [0.15, 0.2) is 18.3 Å². The van der Waals surface area contributed by atoms with Crippen molar-refractivity contribution in [2.75, 3.05) is 0 Å². The van der Waals surface area contributed by atoms with Crippen molar-refractivity contribution < 1.29 is 0 Å². The molecule has 0 fully saturated rings. The molecule has 0 atom stereocenters. The van der Waals surface area contributed by atoms with Crippen molar-refractivity contribution in [3.8, 4) is 0 Å². The van der Waals surface area contributed by atoms with E-state index in [1.165, 1.54) is 4.88 Å². The van der Waals surface area contributed by atoms with Crippen molar-refractivity contribution >= 4 is 21.6 Å². The molecule has 49 valence electrons. The molecule has 0 aromatic carbocycles. The van der Waals surface area contributed by atoms with Gasteiger partial charge in [-0.1, -0.05) is 0 Å². The van der Waals surface area contributed by atoms with Crippen LogP contribution in [-0.4, -0.2) is 4.98 Å². The quantitative estimate of drug-likeness (QED) is 0.559. The molecular weight excluding hydrogens is 142 g/mol. The average Bonchev–Trinajstić information content (AvgIpc) is 2.27. The molecular formula is C8H6NS. The number of nitrogens with zero attached hydrogens (tertiary/aromatic N) is 1. The fourth-order valence-electron chi connectivity index (χ4n) is 0.931. The van der Waals surface area contributed by atoms with Crippen LogP contribution >= 0.6 is 11.3 Å². The van der Waals surface area contributed by atoms with Gasteiger partial charge in [0.25, 0.3) is 0 Å². The van der Waals surface area contributed by atoms with Crippen LogP contribution < -0.4 is 0 Å². The third-order valence-corrected chi connectivity index (χ3v) is 2.31. The molecule has 0 spiro atoms. The van der Waals surface area contributed by atoms with Gasteiger partial charge in [-0.3, -0.25) is 4.98 Å². The number of pyridine rings is 1. The number of aryl methyl sites for hydroxylation is 1. The van der Waals surface area contributed by atoms with Crippen molar-refractivity contribution in [2.24, 2.45) is 0 Å². The average molecular weight is 148 g/mol. The summed E-state index contributed by atoms with van der Waals surface area (Å²) >= 11 is 1.73. The van der Waals surface area contributed by atoms with Gasteiger partial charge in [-0.2, -0.15) is 0 Å². The zero-order valence-electron chi connectivity index (χ0n) is 5.59. The highest BCUT2D eigenvalue weighted by molar-refractivity contribution is 7.18. The summed E-state index contributed by atoms with van der Waals surface area (Å²) in [4.78, 5) is 5.48. The largest absolute Gasteiger partial charge is 0.255 e. The second-order valence-corrected chi connectivity index (χ2v) is 3.42. The topological polar surface area (TPSA) is 12.9 Å². The van der Waals surface area contributed by atoms with Crippen LogP contribution in [0.3, 0.4) is 0 Å². The van der Waals surface area contributed by atoms with E-state index in [0.717, 1.165) is 10.2 Å². The van der Waals surface area contributed by atoms with Gasteiger partial charge < -0.3 is 0 Å². The highest BCUT2D eigenvalue weighted by Gasteiger charge is 1.95. The molecule has 0 bridgehead atoms. The Labute approximate surface area is 63.3 Å². The standard InChI is InChI=1S/C8H6NS/c1-6-5-7-8(10-6)3-2-4-9-7/h2,4-5H,1H3. The zero-order chi connectivity index (χ0) is 6.97. The molecule has 2 rings (SSSR count). The Hall–Kier alpha value is -0.890. The van der Waals surface area contributed by atoms with E-state index < -0.39 is 0 Å². The molecule has 10 heavy (non-hydrogen) atoms. The van der Waals surface area contributed by atoms with Gasteiger partial charge in [0.2, 0.25) is 0 Å². The first-order chi connectivity index (χ1) is 4.86. The summed E-state index contributed by atoms with van der Waals surface area (Å²) in [6.45, 7) is 2.08. The minimum atomic E-state index is 1.06. The maximum Gasteiger partial charge on any atom is 0.0818 e. The fraction of sp³-hybridized carbons (Fsp3) is 0.125. The van der Waals surface area contributed by atoms with Crippen molar-refractivity contribution in [1.82, 2.24) is 4.98 Å². The van der Waals surface area contributed by atoms with Crippen molar-refractivity contribution in [2.45, 2.75) is 6.92 Å². The smallest absolute Gasteiger partial charge is 0.0818 e. The van der Waals surface area contributed by atoms with Crippen LogP contribution in [0.5, 0.6) is 0 Å². The molecule has 2 aromatic rings. The van der Waals surface area contributed by atoms with Crippen molar-refractivity contribution in [3.63, 3.8) is 0 Å². The van der Waals surface area contributed by atoms with E-state index in [4.69, 9.17) is 0 Å². The molecule has 0 aliphatic carbocycles. The summed E-state index contributed by atoms with van der Waals surface area (Å²) in [7, 11) is 0. The Kier molecular flexibility index (Phi) is 1.21. The van der Waals surface area contributed by atoms with Crippen LogP contribution in [0.25, 0.3) is 10.2 Å². The molecule has 2 aromatic heterocycles. The lowest BCUT2D eigenvalue weighted by atomic mass is 10.4. The maximum absolute atomic E-state index is 4.18. The van der Waals surface area contributed by atoms with E-state index >= 15 is 0 Å². The van der Waals surface area contributed by atoms with Gasteiger partial charge >= 0.3 is 0 Å². The highest BCUT2D eigenvalue weighted by Crippen LogP contribution is 2.21. The van der Waals surface area contributed by atoms with E-state index in [1.54, 1.807) is 17.5 Å². The first kappa shape index (κ1) is 5.86. The van der Waals surface area contributed by atoms with Crippen LogP contribution in [0.2, 0.25) is 0 Å². The molecule has 1 nitrogen and oxygen atoms in total. The summed E-state index contributed by atoms with van der Waals surface area (Å²) in [6, 6.07) is 7.05. The Morgan fingerprint density at radius 2 is 2.50 bits per heavy atom. The molecule has 0 saturated heterocycles. The lowest BCUT2D eigenvalue weighted by Crippen LogP contribution is -1.66. The van der Waals surface area contributed by atoms with Crippen LogP contribution in [0.4, 0.5) is 0 Å². The maximum atomic E-state index is 4.18. The van der Waals surface area contributed by atoms with E-state index in [-0.39, 0.29) is 0 Å². The van der Waals surface area contributed by atoms with Crippen molar-refractivity contribution in [3.05, 3.63) is 29.3 Å². The Morgan fingerprint density at radius 3 is 3.30 bits per heavy atom. The summed E-state index contributed by atoms with van der Waals surface area (Å²) in [5.74, 6) is 0. The first-order valence-electron chi connectivity index (χ1n) is 3.09. The number of hydrogen-bond donors (Lipinski definition) is 0. The molecule has 0 saturated carbocycles. The van der Waals surface area contributed by atoms with Crippen LogP contribution in [-0.2, 0) is 0 Å². The van der Waals surface area contributed by atoms with Gasteiger partial charge in [0.1, 0.15) is 0 Å². The number of fused-ring (bicyclic) bond motifs is 1. The third-order valence-electron chi connectivity index (χ3n) is 1.34. The third kappa shape index (κ3) is 0.809. The summed E-state index contributed by atoms with van der Waals surface area (Å²) in [5, 5.41) is 0. The number of thiophene rings is 1. The molecule has 0 N–H and O–H groups in total. The molecule has 0 aliphatic rings. The minimum Gasteiger partial charge on any atom is -0.255 e. The monoisotopic (exact) mass is 148 g/mol. The predicted molar refractivity (Wildman–Crippen MR) is 43.2 cm³/mol. The SMILES string of the molecule is Cc1cc2ncc[c]c2s1. The van der Waals surface area contributed by atoms with Gasteiger partial charge in [-0.15, -0.1) is 11.3 Å². The van der Waals surface area contributed by atoms with Crippen LogP contribution in [0, 0.1) is 13.0 Å². The van der Waals surface area contributed by atoms with E-state index in [0.29, 0.717) is 0 Å². The van der Waals surface area contributed by atoms with E-state index in [2.05, 4.69) is 24.0 Å². The lowest BCUT2D eigenvalue weighted by molar-refractivity contribution is 1.42. The summed E-state index contributed by atoms with van der Waals surface area (Å²) < 4.78 is 1.15. The molecule has 0 aliphatic heterocycles. The summed E-state index contributed by atoms with van der Waals surface area (Å²) in [5.41, 5.74) is 1.06. The first-order valence-corrected chi connectivity index (χ1v) is 3.91. The van der Waals surface area contributed by atoms with Gasteiger partial charge in [0.05, 0.1) is 10.2 Å². The number of aromatic nitrogens is 1. The van der Waals surface area contributed by atoms with Crippen molar-refractivity contribution in [1.29, 1.82) is 0 Å². The molecule has 2 heterocycles. The number of rotatable bonds is 0. The second kappa shape index (κ2) is 2.06. The molecule has 2 heteroatoms. The predicted octanol–water partition coefficient (Wildman–Crippen LogP) is 2.40. The minimum absolute atomic E-state index is 1.06. The van der Waals surface area contributed by atoms with Gasteiger partial charge in [0.15, 0.2) is 0 Å². The van der Waals surface area contributed by atoms with Gasteiger partial charge in [-0.05, 0) is 19.1 Å². The fourth-order valence-corrected chi connectivity index (χ4v) is 1.77. The Balaban J connectivity index is 2.88. The molecule has 0 unspecified atom stereocenters. The zero-order valence-corrected chi connectivity index (χ0v) is 6.40. The lowest BCUT2D eigenvalue weighted by Gasteiger charge is -1.80. The Morgan fingerprint density at radius 1 is 1.60 bits per heavy atom. The summed E-state index contributed by atoms with van der Waals surface area (Å²) in [6.07, 6.45) is 1.77. The van der Waals surface area contributed by atoms with Crippen LogP contribution in [0.1, 0.15) is 4.88 Å². The Bertz CT molecular complexity index is 318. The van der Waals surface area contributed by atoms with Gasteiger partial charge in [0, 0.05) is 17.1 Å². The van der Waals surface area contributed by atoms with Gasteiger partial charge in [-0.25, -0.2) is 0 Å². The molecule has 0 amide bonds. The van der Waals surface area contributed by atoms with E-state index in [9.17, 15) is 0 Å². The van der Waals surface area contributed by atoms with E-state index in [1.807, 2.05) is 6.07 Å².